The van der Waals surface area contributed by atoms with Crippen LogP contribution in [-0.2, 0) is 13.2 Å². The van der Waals surface area contributed by atoms with Crippen LogP contribution in [0.1, 0.15) is 27.0 Å². The summed E-state index contributed by atoms with van der Waals surface area (Å²) in [5.74, 6) is 0.558. The van der Waals surface area contributed by atoms with Crippen LogP contribution in [0.5, 0.6) is 5.75 Å². The number of nitrogens with one attached hydrogen (secondary N) is 1. The molecule has 3 aromatic carbocycles. The van der Waals surface area contributed by atoms with Crippen molar-refractivity contribution in [2.75, 3.05) is 5.32 Å². The highest BCUT2D eigenvalue weighted by Crippen LogP contribution is 2.18. The lowest BCUT2D eigenvalue weighted by Gasteiger charge is -2.10. The number of anilines is 1. The van der Waals surface area contributed by atoms with Gasteiger partial charge < -0.3 is 10.1 Å². The molecule has 1 N–H and O–H groups in total. The highest BCUT2D eigenvalue weighted by molar-refractivity contribution is 6.04. The quantitative estimate of drug-likeness (QED) is 0.499. The summed E-state index contributed by atoms with van der Waals surface area (Å²) < 4.78 is 7.53. The van der Waals surface area contributed by atoms with E-state index in [1.165, 1.54) is 6.33 Å². The summed E-state index contributed by atoms with van der Waals surface area (Å²) in [5.41, 5.74) is 4.52. The van der Waals surface area contributed by atoms with Gasteiger partial charge in [-0.3, -0.25) is 4.79 Å². The number of aromatic nitrogens is 3. The lowest BCUT2D eigenvalue weighted by molar-refractivity contribution is 0.102. The van der Waals surface area contributed by atoms with Crippen molar-refractivity contribution in [1.29, 1.82) is 0 Å². The van der Waals surface area contributed by atoms with Crippen LogP contribution in [-0.4, -0.2) is 20.7 Å². The molecule has 0 radical (unpaired) electrons. The minimum atomic E-state index is -0.165. The van der Waals surface area contributed by atoms with Gasteiger partial charge >= 0.3 is 0 Å². The molecule has 6 nitrogen and oxygen atoms in total. The Morgan fingerprint density at radius 2 is 1.80 bits per heavy atom. The van der Waals surface area contributed by atoms with Gasteiger partial charge in [-0.25, -0.2) is 9.67 Å². The first kappa shape index (κ1) is 19.4. The molecule has 1 amide bonds. The Bertz CT molecular complexity index is 1110. The van der Waals surface area contributed by atoms with Gasteiger partial charge in [0, 0.05) is 11.3 Å². The molecule has 150 valence electrons. The van der Waals surface area contributed by atoms with E-state index in [0.29, 0.717) is 18.7 Å². The fourth-order valence-electron chi connectivity index (χ4n) is 3.17. The van der Waals surface area contributed by atoms with E-state index in [2.05, 4.69) is 21.5 Å². The fraction of sp³-hybridized carbons (Fsp3) is 0.125. The van der Waals surface area contributed by atoms with Crippen LogP contribution in [0.2, 0.25) is 0 Å². The number of nitrogens with zero attached hydrogens (tertiary/aromatic N) is 3. The third kappa shape index (κ3) is 5.11. The van der Waals surface area contributed by atoms with E-state index in [9.17, 15) is 4.79 Å². The Balaban J connectivity index is 1.39. The lowest BCUT2D eigenvalue weighted by Crippen LogP contribution is -2.12. The highest BCUT2D eigenvalue weighted by atomic mass is 16.5. The average Bonchev–Trinajstić information content (AvgIpc) is 3.26. The van der Waals surface area contributed by atoms with Gasteiger partial charge in [0.05, 0.1) is 6.54 Å². The molecule has 30 heavy (non-hydrogen) atoms. The van der Waals surface area contributed by atoms with Crippen molar-refractivity contribution < 1.29 is 9.53 Å². The molecule has 0 aliphatic rings. The van der Waals surface area contributed by atoms with Crippen LogP contribution in [0.25, 0.3) is 0 Å². The van der Waals surface area contributed by atoms with Crippen LogP contribution in [0.3, 0.4) is 0 Å². The smallest absolute Gasteiger partial charge is 0.255 e. The molecule has 4 aromatic rings. The van der Waals surface area contributed by atoms with Crippen LogP contribution < -0.4 is 10.1 Å². The zero-order valence-electron chi connectivity index (χ0n) is 16.7. The van der Waals surface area contributed by atoms with Gasteiger partial charge in [0.1, 0.15) is 25.0 Å². The molecule has 0 fully saturated rings. The number of ether oxygens (including phenoxy) is 1. The SMILES string of the molecule is Cc1cc(Cn2cncn2)cc(NC(=O)c2ccc(OCc3ccccc3)cc2)c1. The molecule has 0 aliphatic heterocycles. The molecule has 6 heteroatoms. The number of rotatable bonds is 7. The van der Waals surface area contributed by atoms with Gasteiger partial charge in [-0.1, -0.05) is 36.4 Å². The molecule has 0 atom stereocenters. The normalized spacial score (nSPS) is 10.6. The Hall–Kier alpha value is -3.93. The van der Waals surface area contributed by atoms with Gasteiger partial charge in [0.25, 0.3) is 5.91 Å². The molecule has 1 heterocycles. The number of carbonyl (C=O) groups is 1. The minimum absolute atomic E-state index is 0.165. The topological polar surface area (TPSA) is 69.0 Å². The number of aryl methyl sites for hydroxylation is 1. The monoisotopic (exact) mass is 398 g/mol. The van der Waals surface area contributed by atoms with E-state index in [0.717, 1.165) is 28.1 Å². The van der Waals surface area contributed by atoms with Crippen LogP contribution in [0.15, 0.2) is 85.5 Å². The predicted molar refractivity (Wildman–Crippen MR) is 115 cm³/mol. The van der Waals surface area contributed by atoms with Gasteiger partial charge in [-0.05, 0) is 60.0 Å². The molecular weight excluding hydrogens is 376 g/mol. The summed E-state index contributed by atoms with van der Waals surface area (Å²) in [7, 11) is 0. The van der Waals surface area contributed by atoms with E-state index in [1.54, 1.807) is 23.1 Å². The zero-order valence-corrected chi connectivity index (χ0v) is 16.7. The maximum absolute atomic E-state index is 12.7. The van der Waals surface area contributed by atoms with Gasteiger partial charge in [0.2, 0.25) is 0 Å². The predicted octanol–water partition coefficient (Wildman–Crippen LogP) is 4.47. The second-order valence-electron chi connectivity index (χ2n) is 7.05. The van der Waals surface area contributed by atoms with E-state index < -0.39 is 0 Å². The maximum Gasteiger partial charge on any atom is 0.255 e. The molecule has 0 bridgehead atoms. The third-order valence-electron chi connectivity index (χ3n) is 4.57. The fourth-order valence-corrected chi connectivity index (χ4v) is 3.17. The molecule has 0 saturated carbocycles. The van der Waals surface area contributed by atoms with Crippen molar-refractivity contribution in [3.63, 3.8) is 0 Å². The number of hydrogen-bond acceptors (Lipinski definition) is 4. The molecule has 0 saturated heterocycles. The Labute approximate surface area is 175 Å². The second-order valence-corrected chi connectivity index (χ2v) is 7.05. The third-order valence-corrected chi connectivity index (χ3v) is 4.57. The summed E-state index contributed by atoms with van der Waals surface area (Å²) in [6, 6.07) is 23.1. The van der Waals surface area contributed by atoms with Crippen LogP contribution in [0, 0.1) is 6.92 Å². The summed E-state index contributed by atoms with van der Waals surface area (Å²) in [6.45, 7) is 3.08. The average molecular weight is 398 g/mol. The second kappa shape index (κ2) is 9.05. The summed E-state index contributed by atoms with van der Waals surface area (Å²) >= 11 is 0. The number of carbonyl (C=O) groups excluding carboxylic acids is 1. The zero-order chi connectivity index (χ0) is 20.8. The van der Waals surface area contributed by atoms with E-state index in [4.69, 9.17) is 4.74 Å². The first-order chi connectivity index (χ1) is 14.7. The van der Waals surface area contributed by atoms with Crippen LogP contribution >= 0.6 is 0 Å². The van der Waals surface area contributed by atoms with Gasteiger partial charge in [-0.15, -0.1) is 0 Å². The Kier molecular flexibility index (Phi) is 5.85. The minimum Gasteiger partial charge on any atom is -0.489 e. The molecule has 4 rings (SSSR count). The first-order valence-electron chi connectivity index (χ1n) is 9.67. The van der Waals surface area contributed by atoms with Gasteiger partial charge in [-0.2, -0.15) is 5.10 Å². The maximum atomic E-state index is 12.7. The standard InChI is InChI=1S/C24H22N4O2/c1-18-11-20(14-28-17-25-16-26-28)13-22(12-18)27-24(29)21-7-9-23(10-8-21)30-15-19-5-3-2-4-6-19/h2-13,16-17H,14-15H2,1H3,(H,27,29). The number of amides is 1. The van der Waals surface area contributed by atoms with Gasteiger partial charge in [0.15, 0.2) is 0 Å². The van der Waals surface area contributed by atoms with Crippen molar-refractivity contribution in [2.45, 2.75) is 20.1 Å². The van der Waals surface area contributed by atoms with E-state index in [-0.39, 0.29) is 5.91 Å². The Morgan fingerprint density at radius 1 is 1.00 bits per heavy atom. The lowest BCUT2D eigenvalue weighted by atomic mass is 10.1. The summed E-state index contributed by atoms with van der Waals surface area (Å²) in [4.78, 5) is 16.6. The first-order valence-corrected chi connectivity index (χ1v) is 9.67. The van der Waals surface area contributed by atoms with Crippen LogP contribution in [0.4, 0.5) is 5.69 Å². The van der Waals surface area contributed by atoms with Crippen molar-refractivity contribution in [3.05, 3.63) is 108 Å². The molecular formula is C24H22N4O2. The highest BCUT2D eigenvalue weighted by Gasteiger charge is 2.08. The molecule has 1 aromatic heterocycles. The number of hydrogen-bond donors (Lipinski definition) is 1. The molecule has 0 aliphatic carbocycles. The largest absolute Gasteiger partial charge is 0.489 e. The van der Waals surface area contributed by atoms with Crippen molar-refractivity contribution >= 4 is 11.6 Å². The summed E-state index contributed by atoms with van der Waals surface area (Å²) in [6.07, 6.45) is 3.17. The molecule has 0 unspecified atom stereocenters. The molecule has 0 spiro atoms. The van der Waals surface area contributed by atoms with Crippen molar-refractivity contribution in [3.8, 4) is 5.75 Å². The number of benzene rings is 3. The summed E-state index contributed by atoms with van der Waals surface area (Å²) in [5, 5.41) is 7.10. The van der Waals surface area contributed by atoms with Crippen molar-refractivity contribution in [2.24, 2.45) is 0 Å². The Morgan fingerprint density at radius 3 is 2.53 bits per heavy atom. The van der Waals surface area contributed by atoms with E-state index in [1.807, 2.05) is 61.5 Å². The van der Waals surface area contributed by atoms with E-state index >= 15 is 0 Å². The van der Waals surface area contributed by atoms with Crippen molar-refractivity contribution in [1.82, 2.24) is 14.8 Å².